The average molecular weight is 350 g/mol. The van der Waals surface area contributed by atoms with Crippen LogP contribution in [0, 0.1) is 13.8 Å². The van der Waals surface area contributed by atoms with Crippen LogP contribution in [0.1, 0.15) is 30.3 Å². The van der Waals surface area contributed by atoms with E-state index in [4.69, 9.17) is 4.99 Å². The van der Waals surface area contributed by atoms with E-state index in [0.717, 1.165) is 44.4 Å². The minimum atomic E-state index is 0.662. The van der Waals surface area contributed by atoms with Crippen molar-refractivity contribution in [1.29, 1.82) is 0 Å². The minimum absolute atomic E-state index is 0.662. The summed E-state index contributed by atoms with van der Waals surface area (Å²) in [6, 6.07) is 0. The third kappa shape index (κ3) is 6.01. The van der Waals surface area contributed by atoms with Gasteiger partial charge in [-0.25, -0.2) is 4.99 Å². The smallest absolute Gasteiger partial charge is 0.191 e. The van der Waals surface area contributed by atoms with Gasteiger partial charge in [0.1, 0.15) is 0 Å². The molecule has 1 fully saturated rings. The van der Waals surface area contributed by atoms with E-state index in [1.165, 1.54) is 30.8 Å². The van der Waals surface area contributed by atoms with E-state index in [1.54, 1.807) is 0 Å². The van der Waals surface area contributed by atoms with Crippen molar-refractivity contribution >= 4 is 5.96 Å². The molecule has 25 heavy (non-hydrogen) atoms. The summed E-state index contributed by atoms with van der Waals surface area (Å²) < 4.78 is 1.93. The number of aryl methyl sites for hydroxylation is 2. The minimum Gasteiger partial charge on any atom is -0.357 e. The summed E-state index contributed by atoms with van der Waals surface area (Å²) in [6.07, 6.45) is 1.25. The highest BCUT2D eigenvalue weighted by Gasteiger charge is 2.12. The van der Waals surface area contributed by atoms with Crippen LogP contribution in [0.4, 0.5) is 0 Å². The maximum atomic E-state index is 4.75. The number of aromatic nitrogens is 2. The molecule has 7 nitrogen and oxygen atoms in total. The second-order valence-corrected chi connectivity index (χ2v) is 6.89. The number of nitrogens with zero attached hydrogens (tertiary/aromatic N) is 5. The summed E-state index contributed by atoms with van der Waals surface area (Å²) in [4.78, 5) is 9.70. The highest BCUT2D eigenvalue weighted by Crippen LogP contribution is 2.12. The Morgan fingerprint density at radius 2 is 1.92 bits per heavy atom. The van der Waals surface area contributed by atoms with Crippen molar-refractivity contribution in [3.05, 3.63) is 17.0 Å². The van der Waals surface area contributed by atoms with E-state index in [1.807, 2.05) is 11.7 Å². The molecule has 0 bridgehead atoms. The molecule has 1 aromatic rings. The lowest BCUT2D eigenvalue weighted by atomic mass is 10.2. The molecule has 0 unspecified atom stereocenters. The molecule has 0 amide bonds. The molecular formula is C18H35N7. The Kier molecular flexibility index (Phi) is 7.71. The summed E-state index contributed by atoms with van der Waals surface area (Å²) in [7, 11) is 4.19. The zero-order valence-electron chi connectivity index (χ0n) is 16.6. The van der Waals surface area contributed by atoms with Gasteiger partial charge in [0.05, 0.1) is 12.2 Å². The van der Waals surface area contributed by atoms with Crippen LogP contribution in [0.3, 0.4) is 0 Å². The highest BCUT2D eigenvalue weighted by molar-refractivity contribution is 5.79. The van der Waals surface area contributed by atoms with Crippen molar-refractivity contribution in [3.8, 4) is 0 Å². The fraction of sp³-hybridized carbons (Fsp3) is 0.778. The monoisotopic (exact) mass is 349 g/mol. The fourth-order valence-electron chi connectivity index (χ4n) is 3.20. The molecule has 2 N–H and O–H groups in total. The van der Waals surface area contributed by atoms with E-state index >= 15 is 0 Å². The van der Waals surface area contributed by atoms with E-state index in [9.17, 15) is 0 Å². The van der Waals surface area contributed by atoms with E-state index in [2.05, 4.69) is 53.4 Å². The lowest BCUT2D eigenvalue weighted by molar-refractivity contribution is 0.280. The summed E-state index contributed by atoms with van der Waals surface area (Å²) in [5.74, 6) is 0.886. The first-order valence-electron chi connectivity index (χ1n) is 9.43. The molecule has 0 saturated carbocycles. The Balaban J connectivity index is 1.85. The molecule has 1 saturated heterocycles. The van der Waals surface area contributed by atoms with E-state index in [-0.39, 0.29) is 0 Å². The number of likely N-dealkylation sites (N-methyl/N-ethyl adjacent to an activating group) is 1. The van der Waals surface area contributed by atoms with E-state index < -0.39 is 0 Å². The third-order valence-corrected chi connectivity index (χ3v) is 4.93. The lowest BCUT2D eigenvalue weighted by Gasteiger charge is -2.21. The van der Waals surface area contributed by atoms with Crippen LogP contribution in [-0.4, -0.2) is 78.4 Å². The van der Waals surface area contributed by atoms with Crippen LogP contribution in [0.5, 0.6) is 0 Å². The number of aliphatic imine (C=N–C) groups is 1. The quantitative estimate of drug-likeness (QED) is 0.586. The second kappa shape index (κ2) is 9.77. The van der Waals surface area contributed by atoms with Gasteiger partial charge in [0.15, 0.2) is 5.96 Å². The Bertz CT molecular complexity index is 564. The Hall–Kier alpha value is -1.60. The van der Waals surface area contributed by atoms with Gasteiger partial charge in [-0.3, -0.25) is 4.68 Å². The van der Waals surface area contributed by atoms with Gasteiger partial charge >= 0.3 is 0 Å². The third-order valence-electron chi connectivity index (χ3n) is 4.93. The molecule has 2 rings (SSSR count). The molecule has 0 radical (unpaired) electrons. The van der Waals surface area contributed by atoms with Gasteiger partial charge < -0.3 is 20.4 Å². The molecule has 0 aliphatic carbocycles. The molecule has 0 aromatic carbocycles. The van der Waals surface area contributed by atoms with Crippen LogP contribution < -0.4 is 10.6 Å². The molecule has 1 aliphatic heterocycles. The number of nitrogens with one attached hydrogen (secondary N) is 2. The van der Waals surface area contributed by atoms with Gasteiger partial charge in [-0.1, -0.05) is 0 Å². The molecule has 1 aliphatic rings. The van der Waals surface area contributed by atoms with Crippen LogP contribution in [-0.2, 0) is 13.6 Å². The van der Waals surface area contributed by atoms with Gasteiger partial charge in [0.25, 0.3) is 0 Å². The first-order chi connectivity index (χ1) is 12.0. The highest BCUT2D eigenvalue weighted by atomic mass is 15.3. The van der Waals surface area contributed by atoms with Gasteiger partial charge in [-0.2, -0.15) is 5.10 Å². The number of hydrogen-bond donors (Lipinski definition) is 2. The van der Waals surface area contributed by atoms with Gasteiger partial charge in [0, 0.05) is 51.0 Å². The fourth-order valence-corrected chi connectivity index (χ4v) is 3.20. The topological polar surface area (TPSA) is 60.7 Å². The Morgan fingerprint density at radius 3 is 2.60 bits per heavy atom. The molecular weight excluding hydrogens is 314 g/mol. The Morgan fingerprint density at radius 1 is 1.12 bits per heavy atom. The van der Waals surface area contributed by atoms with Crippen molar-refractivity contribution in [2.45, 2.75) is 33.7 Å². The summed E-state index contributed by atoms with van der Waals surface area (Å²) >= 11 is 0. The van der Waals surface area contributed by atoms with Crippen molar-refractivity contribution in [2.75, 3.05) is 52.9 Å². The number of rotatable bonds is 6. The first kappa shape index (κ1) is 19.7. The average Bonchev–Trinajstić information content (AvgIpc) is 2.73. The number of guanidine groups is 1. The van der Waals surface area contributed by atoms with Crippen molar-refractivity contribution < 1.29 is 0 Å². The summed E-state index contributed by atoms with van der Waals surface area (Å²) in [6.45, 7) is 14.5. The van der Waals surface area contributed by atoms with Crippen LogP contribution >= 0.6 is 0 Å². The van der Waals surface area contributed by atoms with Crippen LogP contribution in [0.2, 0.25) is 0 Å². The Labute approximate surface area is 152 Å². The van der Waals surface area contributed by atoms with Crippen molar-refractivity contribution in [1.82, 2.24) is 30.2 Å². The summed E-state index contributed by atoms with van der Waals surface area (Å²) in [5.41, 5.74) is 3.47. The second-order valence-electron chi connectivity index (χ2n) is 6.89. The predicted molar refractivity (Wildman–Crippen MR) is 104 cm³/mol. The van der Waals surface area contributed by atoms with Gasteiger partial charge in [-0.05, 0) is 47.3 Å². The molecule has 2 heterocycles. The molecule has 0 spiro atoms. The lowest BCUT2D eigenvalue weighted by Crippen LogP contribution is -2.42. The van der Waals surface area contributed by atoms with Gasteiger partial charge in [-0.15, -0.1) is 0 Å². The van der Waals surface area contributed by atoms with Crippen LogP contribution in [0.25, 0.3) is 0 Å². The van der Waals surface area contributed by atoms with Crippen molar-refractivity contribution in [3.63, 3.8) is 0 Å². The van der Waals surface area contributed by atoms with Crippen molar-refractivity contribution in [2.24, 2.45) is 12.0 Å². The standard InChI is InChI=1S/C18H35N7/c1-6-19-18(21-14-17-15(2)22-24(5)16(17)3)20-8-11-25-10-7-9-23(4)12-13-25/h6-14H2,1-5H3,(H2,19,20,21). The predicted octanol–water partition coefficient (Wildman–Crippen LogP) is 0.730. The zero-order valence-corrected chi connectivity index (χ0v) is 16.6. The molecule has 0 atom stereocenters. The van der Waals surface area contributed by atoms with Crippen LogP contribution in [0.15, 0.2) is 4.99 Å². The zero-order chi connectivity index (χ0) is 18.2. The summed E-state index contributed by atoms with van der Waals surface area (Å²) in [5, 5.41) is 11.3. The largest absolute Gasteiger partial charge is 0.357 e. The molecule has 7 heteroatoms. The number of hydrogen-bond acceptors (Lipinski definition) is 4. The first-order valence-corrected chi connectivity index (χ1v) is 9.43. The normalized spacial score (nSPS) is 17.6. The van der Waals surface area contributed by atoms with E-state index in [0.29, 0.717) is 6.54 Å². The maximum Gasteiger partial charge on any atom is 0.191 e. The SMILES string of the molecule is CCNC(=NCc1c(C)nn(C)c1C)NCCN1CCCN(C)CC1. The molecule has 1 aromatic heterocycles. The molecule has 142 valence electrons. The maximum absolute atomic E-state index is 4.75. The van der Waals surface area contributed by atoms with Gasteiger partial charge in [0.2, 0.25) is 0 Å².